The molecule has 2 aromatic heterocycles. The Morgan fingerprint density at radius 2 is 2.31 bits per heavy atom. The molecule has 0 spiro atoms. The summed E-state index contributed by atoms with van der Waals surface area (Å²) in [6, 6.07) is 0. The maximum absolute atomic E-state index is 11.7. The molecule has 0 saturated carbocycles. The average molecular weight is 240 g/mol. The number of nitrogens with zero attached hydrogens (tertiary/aromatic N) is 2. The molecule has 2 rings (SSSR count). The number of fused-ring (bicyclic) bond motifs is 1. The summed E-state index contributed by atoms with van der Waals surface area (Å²) < 4.78 is 5.62. The van der Waals surface area contributed by atoms with E-state index in [1.54, 1.807) is 13.1 Å². The number of esters is 1. The van der Waals surface area contributed by atoms with Gasteiger partial charge in [0, 0.05) is 11.1 Å². The van der Waals surface area contributed by atoms with Crippen LogP contribution in [-0.4, -0.2) is 27.6 Å². The molecule has 16 heavy (non-hydrogen) atoms. The lowest BCUT2D eigenvalue weighted by Gasteiger charge is -2.01. The number of methoxy groups -OCH3 is 1. The predicted molar refractivity (Wildman–Crippen MR) is 57.1 cm³/mol. The molecule has 6 nitrogen and oxygen atoms in total. The van der Waals surface area contributed by atoms with Crippen LogP contribution in [0.5, 0.6) is 5.75 Å². The van der Waals surface area contributed by atoms with Gasteiger partial charge in [0.15, 0.2) is 10.7 Å². The number of aryl methyl sites for hydroxylation is 1. The van der Waals surface area contributed by atoms with Gasteiger partial charge in [-0.1, -0.05) is 0 Å². The lowest BCUT2D eigenvalue weighted by atomic mass is 10.4. The van der Waals surface area contributed by atoms with Crippen LogP contribution in [0.1, 0.15) is 15.4 Å². The first-order valence-corrected chi connectivity index (χ1v) is 5.16. The van der Waals surface area contributed by atoms with Crippen LogP contribution in [0, 0.1) is 6.92 Å². The van der Waals surface area contributed by atoms with Crippen molar-refractivity contribution in [1.29, 1.82) is 0 Å². The Kier molecular flexibility index (Phi) is 2.39. The summed E-state index contributed by atoms with van der Waals surface area (Å²) in [6.45, 7) is 1.80. The van der Waals surface area contributed by atoms with Gasteiger partial charge in [0.05, 0.1) is 7.11 Å². The Balaban J connectivity index is 2.83. The summed E-state index contributed by atoms with van der Waals surface area (Å²) in [5, 5.41) is 9.51. The van der Waals surface area contributed by atoms with Crippen LogP contribution in [0.25, 0.3) is 4.96 Å². The van der Waals surface area contributed by atoms with Crippen molar-refractivity contribution in [3.63, 3.8) is 0 Å². The molecule has 7 heteroatoms. The van der Waals surface area contributed by atoms with E-state index in [1.807, 2.05) is 0 Å². The zero-order valence-corrected chi connectivity index (χ0v) is 9.37. The van der Waals surface area contributed by atoms with E-state index in [9.17, 15) is 14.7 Å². The third kappa shape index (κ3) is 1.45. The van der Waals surface area contributed by atoms with Crippen LogP contribution in [0.2, 0.25) is 0 Å². The minimum atomic E-state index is -0.830. The molecular weight excluding hydrogens is 232 g/mol. The summed E-state index contributed by atoms with van der Waals surface area (Å²) in [7, 11) is 1.16. The van der Waals surface area contributed by atoms with Gasteiger partial charge >= 0.3 is 11.5 Å². The predicted octanol–water partition coefficient (Wildman–Crippen LogP) is 0.557. The van der Waals surface area contributed by atoms with Gasteiger partial charge in [-0.3, -0.25) is 9.20 Å². The van der Waals surface area contributed by atoms with E-state index < -0.39 is 17.3 Å². The maximum Gasteiger partial charge on any atom is 0.360 e. The highest BCUT2D eigenvalue weighted by atomic mass is 32.1. The van der Waals surface area contributed by atoms with E-state index in [0.29, 0.717) is 4.96 Å². The molecule has 2 heterocycles. The van der Waals surface area contributed by atoms with Crippen molar-refractivity contribution < 1.29 is 14.6 Å². The van der Waals surface area contributed by atoms with Crippen molar-refractivity contribution in [2.24, 2.45) is 0 Å². The molecule has 0 bridgehead atoms. The summed E-state index contributed by atoms with van der Waals surface area (Å²) in [5.74, 6) is -1.52. The van der Waals surface area contributed by atoms with Gasteiger partial charge in [-0.05, 0) is 6.92 Å². The normalized spacial score (nSPS) is 10.6. The molecule has 1 N–H and O–H groups in total. The SMILES string of the molecule is COC(=O)c1nc2sc(C)cn2c(=O)c1O. The molecule has 0 amide bonds. The molecule has 0 aliphatic rings. The van der Waals surface area contributed by atoms with Gasteiger partial charge in [-0.25, -0.2) is 9.78 Å². The van der Waals surface area contributed by atoms with Crippen LogP contribution in [-0.2, 0) is 4.74 Å². The number of ether oxygens (including phenoxy) is 1. The summed E-state index contributed by atoms with van der Waals surface area (Å²) in [5.41, 5.74) is -1.02. The first-order chi connectivity index (χ1) is 7.54. The van der Waals surface area contributed by atoms with Crippen molar-refractivity contribution in [2.45, 2.75) is 6.92 Å². The molecule has 2 aromatic rings. The van der Waals surface area contributed by atoms with Crippen LogP contribution in [0.15, 0.2) is 11.0 Å². The highest BCUT2D eigenvalue weighted by molar-refractivity contribution is 7.16. The Hall–Kier alpha value is -1.89. The van der Waals surface area contributed by atoms with E-state index in [4.69, 9.17) is 0 Å². The van der Waals surface area contributed by atoms with Crippen LogP contribution < -0.4 is 5.56 Å². The van der Waals surface area contributed by atoms with Gasteiger partial charge in [-0.2, -0.15) is 0 Å². The number of aromatic nitrogens is 2. The third-order valence-electron chi connectivity index (χ3n) is 2.00. The van der Waals surface area contributed by atoms with Crippen molar-refractivity contribution >= 4 is 22.3 Å². The fourth-order valence-corrected chi connectivity index (χ4v) is 2.10. The van der Waals surface area contributed by atoms with Gasteiger partial charge < -0.3 is 9.84 Å². The molecule has 0 saturated heterocycles. The standard InChI is InChI=1S/C9H8N2O4S/c1-4-3-11-7(13)6(12)5(8(14)15-2)10-9(11)16-4/h3,12H,1-2H3. The number of carbonyl (C=O) groups excluding carboxylic acids is 1. The maximum atomic E-state index is 11.7. The first kappa shape index (κ1) is 10.6. The zero-order chi connectivity index (χ0) is 11.9. The lowest BCUT2D eigenvalue weighted by molar-refractivity contribution is 0.0590. The summed E-state index contributed by atoms with van der Waals surface area (Å²) in [4.78, 5) is 28.0. The smallest absolute Gasteiger partial charge is 0.360 e. The number of hydrogen-bond donors (Lipinski definition) is 1. The topological polar surface area (TPSA) is 80.9 Å². The number of rotatable bonds is 1. The third-order valence-corrected chi connectivity index (χ3v) is 2.90. The minimum Gasteiger partial charge on any atom is -0.501 e. The number of hydrogen-bond acceptors (Lipinski definition) is 6. The largest absolute Gasteiger partial charge is 0.501 e. The van der Waals surface area contributed by atoms with E-state index in [0.717, 1.165) is 12.0 Å². The summed E-state index contributed by atoms with van der Waals surface area (Å²) in [6.07, 6.45) is 1.55. The Bertz CT molecular complexity index is 628. The number of thiazole rings is 1. The van der Waals surface area contributed by atoms with Crippen molar-refractivity contribution in [1.82, 2.24) is 9.38 Å². The lowest BCUT2D eigenvalue weighted by Crippen LogP contribution is -2.17. The first-order valence-electron chi connectivity index (χ1n) is 4.34. The average Bonchev–Trinajstić information content (AvgIpc) is 2.63. The van der Waals surface area contributed by atoms with Gasteiger partial charge in [0.2, 0.25) is 5.75 Å². The molecule has 0 unspecified atom stereocenters. The highest BCUT2D eigenvalue weighted by Gasteiger charge is 2.19. The monoisotopic (exact) mass is 240 g/mol. The van der Waals surface area contributed by atoms with Crippen LogP contribution in [0.3, 0.4) is 0 Å². The minimum absolute atomic E-state index is 0.348. The Morgan fingerprint density at radius 1 is 1.62 bits per heavy atom. The van der Waals surface area contributed by atoms with Crippen molar-refractivity contribution in [3.05, 3.63) is 27.1 Å². The van der Waals surface area contributed by atoms with Gasteiger partial charge in [0.25, 0.3) is 0 Å². The van der Waals surface area contributed by atoms with E-state index in [1.165, 1.54) is 15.7 Å². The van der Waals surface area contributed by atoms with Gasteiger partial charge in [0.1, 0.15) is 0 Å². The van der Waals surface area contributed by atoms with Crippen LogP contribution in [0.4, 0.5) is 0 Å². The number of carbonyl (C=O) groups is 1. The molecule has 0 aliphatic carbocycles. The molecule has 0 aromatic carbocycles. The Morgan fingerprint density at radius 3 is 2.94 bits per heavy atom. The quantitative estimate of drug-likeness (QED) is 0.736. The zero-order valence-electron chi connectivity index (χ0n) is 8.55. The molecule has 0 aliphatic heterocycles. The second kappa shape index (κ2) is 3.60. The van der Waals surface area contributed by atoms with Crippen LogP contribution >= 0.6 is 11.3 Å². The summed E-state index contributed by atoms with van der Waals surface area (Å²) >= 11 is 1.25. The molecule has 0 radical (unpaired) electrons. The van der Waals surface area contributed by atoms with E-state index >= 15 is 0 Å². The fraction of sp³-hybridized carbons (Fsp3) is 0.222. The Labute approximate surface area is 93.7 Å². The second-order valence-electron chi connectivity index (χ2n) is 3.10. The van der Waals surface area contributed by atoms with Crippen molar-refractivity contribution in [3.8, 4) is 5.75 Å². The number of aromatic hydroxyl groups is 1. The highest BCUT2D eigenvalue weighted by Crippen LogP contribution is 2.17. The van der Waals surface area contributed by atoms with E-state index in [2.05, 4.69) is 9.72 Å². The van der Waals surface area contributed by atoms with Crippen molar-refractivity contribution in [2.75, 3.05) is 7.11 Å². The van der Waals surface area contributed by atoms with E-state index in [-0.39, 0.29) is 5.69 Å². The molecular formula is C9H8N2O4S. The molecule has 0 fully saturated rings. The van der Waals surface area contributed by atoms with Gasteiger partial charge in [-0.15, -0.1) is 11.3 Å². The fourth-order valence-electron chi connectivity index (χ4n) is 1.28. The molecule has 0 atom stereocenters. The molecule has 84 valence electrons. The second-order valence-corrected chi connectivity index (χ2v) is 4.31.